The highest BCUT2D eigenvalue weighted by Crippen LogP contribution is 2.34. The predicted molar refractivity (Wildman–Crippen MR) is 133 cm³/mol. The first-order valence-corrected chi connectivity index (χ1v) is 11.1. The van der Waals surface area contributed by atoms with E-state index in [9.17, 15) is 9.59 Å². The first-order chi connectivity index (χ1) is 15.7. The average molecular weight is 485 g/mol. The van der Waals surface area contributed by atoms with Gasteiger partial charge in [0.1, 0.15) is 17.0 Å². The van der Waals surface area contributed by atoms with Crippen molar-refractivity contribution in [1.29, 1.82) is 0 Å². The number of aromatic nitrogens is 2. The van der Waals surface area contributed by atoms with E-state index in [0.717, 1.165) is 33.0 Å². The number of alkyl carbamates (subject to hydrolysis) is 2. The molecule has 3 rings (SSSR count). The van der Waals surface area contributed by atoms with Crippen LogP contribution in [0.4, 0.5) is 15.4 Å². The highest BCUT2D eigenvalue weighted by molar-refractivity contribution is 6.36. The van der Waals surface area contributed by atoms with E-state index in [-0.39, 0.29) is 0 Å². The molecule has 1 aromatic carbocycles. The van der Waals surface area contributed by atoms with Gasteiger partial charge in [-0.05, 0) is 81.8 Å². The Morgan fingerprint density at radius 2 is 1.71 bits per heavy atom. The van der Waals surface area contributed by atoms with Gasteiger partial charge in [-0.1, -0.05) is 11.6 Å². The molecule has 0 aliphatic carbocycles. The zero-order valence-electron chi connectivity index (χ0n) is 20.2. The van der Waals surface area contributed by atoms with E-state index in [1.165, 1.54) is 0 Å². The molecule has 0 bridgehead atoms. The maximum Gasteiger partial charge on any atom is 0.417 e. The van der Waals surface area contributed by atoms with Crippen LogP contribution in [0.5, 0.6) is 0 Å². The molecule has 3 aromatic rings. The summed E-state index contributed by atoms with van der Waals surface area (Å²) in [4.78, 5) is 32.6. The summed E-state index contributed by atoms with van der Waals surface area (Å²) in [5, 5.41) is 4.34. The SMILES string of the molecule is Cc1c(CC(C)(C)OC(=O)NC(=O)OC(C)(C)C)cncc1-c1cc(Cl)c2cnc(N)cc2c1. The first-order valence-electron chi connectivity index (χ1n) is 10.8. The molecule has 0 radical (unpaired) electrons. The van der Waals surface area contributed by atoms with E-state index in [2.05, 4.69) is 15.3 Å². The number of pyridine rings is 2. The average Bonchev–Trinajstić information content (AvgIpc) is 2.66. The van der Waals surface area contributed by atoms with Crippen LogP contribution >= 0.6 is 11.6 Å². The molecule has 2 aromatic heterocycles. The lowest BCUT2D eigenvalue weighted by Crippen LogP contribution is -2.41. The summed E-state index contributed by atoms with van der Waals surface area (Å²) in [6.45, 7) is 10.6. The lowest BCUT2D eigenvalue weighted by atomic mass is 9.92. The first kappa shape index (κ1) is 25.2. The molecule has 0 aliphatic rings. The van der Waals surface area contributed by atoms with Crippen molar-refractivity contribution >= 4 is 40.4 Å². The Morgan fingerprint density at radius 1 is 1.03 bits per heavy atom. The number of rotatable bonds is 4. The summed E-state index contributed by atoms with van der Waals surface area (Å²) in [6, 6.07) is 5.63. The lowest BCUT2D eigenvalue weighted by molar-refractivity contribution is 0.0279. The molecule has 8 nitrogen and oxygen atoms in total. The maximum atomic E-state index is 12.2. The van der Waals surface area contributed by atoms with Gasteiger partial charge in [-0.15, -0.1) is 0 Å². The fraction of sp³-hybridized carbons (Fsp3) is 0.360. The molecule has 0 saturated heterocycles. The Hall–Kier alpha value is -3.39. The second-order valence-corrected chi connectivity index (χ2v) is 10.1. The smallest absolute Gasteiger partial charge is 0.417 e. The van der Waals surface area contributed by atoms with Gasteiger partial charge in [-0.2, -0.15) is 0 Å². The van der Waals surface area contributed by atoms with Crippen LogP contribution in [0, 0.1) is 6.92 Å². The van der Waals surface area contributed by atoms with E-state index >= 15 is 0 Å². The molecule has 180 valence electrons. The Kier molecular flexibility index (Phi) is 7.02. The number of nitrogen functional groups attached to an aromatic ring is 1. The predicted octanol–water partition coefficient (Wildman–Crippen LogP) is 5.82. The standard InChI is InChI=1S/C25H29ClN4O4/c1-14-17(10-25(5,6)34-23(32)30-22(31)33-24(2,3)4)11-28-12-18(14)15-7-16-9-21(27)29-13-19(16)20(26)8-15/h7-9,11-13H,10H2,1-6H3,(H2,27,29)(H,30,31,32). The molecule has 0 fully saturated rings. The van der Waals surface area contributed by atoms with Crippen molar-refractivity contribution in [2.45, 2.75) is 59.2 Å². The Morgan fingerprint density at radius 3 is 2.38 bits per heavy atom. The number of nitrogens with zero attached hydrogens (tertiary/aromatic N) is 2. The minimum Gasteiger partial charge on any atom is -0.443 e. The van der Waals surface area contributed by atoms with E-state index < -0.39 is 23.4 Å². The molecule has 0 unspecified atom stereocenters. The van der Waals surface area contributed by atoms with Gasteiger partial charge in [0.15, 0.2) is 0 Å². The second-order valence-electron chi connectivity index (χ2n) is 9.71. The number of nitrogens with two attached hydrogens (primary N) is 1. The number of anilines is 1. The van der Waals surface area contributed by atoms with Gasteiger partial charge in [0.2, 0.25) is 0 Å². The van der Waals surface area contributed by atoms with E-state index in [0.29, 0.717) is 17.3 Å². The zero-order valence-corrected chi connectivity index (χ0v) is 20.9. The molecule has 34 heavy (non-hydrogen) atoms. The van der Waals surface area contributed by atoms with Crippen molar-refractivity contribution < 1.29 is 19.1 Å². The summed E-state index contributed by atoms with van der Waals surface area (Å²) in [5.41, 5.74) is 7.84. The summed E-state index contributed by atoms with van der Waals surface area (Å²) in [7, 11) is 0. The van der Waals surface area contributed by atoms with Crippen molar-refractivity contribution in [3.63, 3.8) is 0 Å². The van der Waals surface area contributed by atoms with E-state index in [1.54, 1.807) is 59.3 Å². The van der Waals surface area contributed by atoms with Crippen molar-refractivity contribution in [3.05, 3.63) is 52.9 Å². The fourth-order valence-electron chi connectivity index (χ4n) is 3.58. The number of hydrogen-bond acceptors (Lipinski definition) is 7. The number of amides is 2. The third-order valence-electron chi connectivity index (χ3n) is 5.03. The number of hydrogen-bond donors (Lipinski definition) is 2. The lowest BCUT2D eigenvalue weighted by Gasteiger charge is -2.26. The molecule has 0 atom stereocenters. The van der Waals surface area contributed by atoms with E-state index in [4.69, 9.17) is 26.8 Å². The number of imide groups is 1. The Labute approximate surface area is 203 Å². The molecule has 2 amide bonds. The largest absolute Gasteiger partial charge is 0.443 e. The van der Waals surface area contributed by atoms with Gasteiger partial charge in [0.05, 0.1) is 5.02 Å². The molecule has 9 heteroatoms. The van der Waals surface area contributed by atoms with Crippen molar-refractivity contribution in [2.24, 2.45) is 0 Å². The number of benzene rings is 1. The highest BCUT2D eigenvalue weighted by Gasteiger charge is 2.27. The van der Waals surface area contributed by atoms with Crippen molar-refractivity contribution in [3.8, 4) is 11.1 Å². The van der Waals surface area contributed by atoms with E-state index in [1.807, 2.05) is 19.1 Å². The molecular weight excluding hydrogens is 456 g/mol. The second kappa shape index (κ2) is 9.46. The van der Waals surface area contributed by atoms with Crippen LogP contribution in [0.2, 0.25) is 5.02 Å². The maximum absolute atomic E-state index is 12.2. The Bertz CT molecular complexity index is 1250. The number of carbonyl (C=O) groups is 2. The van der Waals surface area contributed by atoms with Gasteiger partial charge in [0.25, 0.3) is 0 Å². The number of fused-ring (bicyclic) bond motifs is 1. The van der Waals surface area contributed by atoms with Gasteiger partial charge in [0, 0.05) is 36.0 Å². The molecule has 2 heterocycles. The van der Waals surface area contributed by atoms with Crippen LogP contribution in [0.1, 0.15) is 45.7 Å². The summed E-state index contributed by atoms with van der Waals surface area (Å²) in [5.74, 6) is 0.410. The minimum atomic E-state index is -0.918. The highest BCUT2D eigenvalue weighted by atomic mass is 35.5. The van der Waals surface area contributed by atoms with Crippen molar-refractivity contribution in [1.82, 2.24) is 15.3 Å². The van der Waals surface area contributed by atoms with Gasteiger partial charge in [-0.3, -0.25) is 4.98 Å². The quantitative estimate of drug-likeness (QED) is 0.478. The zero-order chi connectivity index (χ0) is 25.3. The van der Waals surface area contributed by atoms with Crippen LogP contribution in [0.15, 0.2) is 36.8 Å². The normalized spacial score (nSPS) is 11.9. The third kappa shape index (κ3) is 6.35. The summed E-state index contributed by atoms with van der Waals surface area (Å²) in [6.07, 6.45) is 3.79. The number of nitrogens with one attached hydrogen (secondary N) is 1. The van der Waals surface area contributed by atoms with Gasteiger partial charge < -0.3 is 15.2 Å². The minimum absolute atomic E-state index is 0.375. The van der Waals surface area contributed by atoms with Gasteiger partial charge >= 0.3 is 12.2 Å². The summed E-state index contributed by atoms with van der Waals surface area (Å²) >= 11 is 6.50. The molecule has 0 spiro atoms. The number of ether oxygens (including phenoxy) is 2. The molecule has 3 N–H and O–H groups in total. The van der Waals surface area contributed by atoms with Crippen LogP contribution in [0.25, 0.3) is 21.9 Å². The molecule has 0 aliphatic heterocycles. The van der Waals surface area contributed by atoms with Crippen LogP contribution in [-0.4, -0.2) is 33.4 Å². The van der Waals surface area contributed by atoms with Crippen LogP contribution in [-0.2, 0) is 15.9 Å². The molecule has 0 saturated carbocycles. The topological polar surface area (TPSA) is 116 Å². The fourth-order valence-corrected chi connectivity index (χ4v) is 3.86. The number of carbonyl (C=O) groups excluding carboxylic acids is 2. The number of halogens is 1. The van der Waals surface area contributed by atoms with Crippen LogP contribution < -0.4 is 11.1 Å². The Balaban J connectivity index is 1.81. The van der Waals surface area contributed by atoms with Crippen LogP contribution in [0.3, 0.4) is 0 Å². The van der Waals surface area contributed by atoms with Crippen molar-refractivity contribution in [2.75, 3.05) is 5.73 Å². The molecular formula is C25H29ClN4O4. The summed E-state index contributed by atoms with van der Waals surface area (Å²) < 4.78 is 10.6. The van der Waals surface area contributed by atoms with Gasteiger partial charge in [-0.25, -0.2) is 19.9 Å². The monoisotopic (exact) mass is 484 g/mol. The third-order valence-corrected chi connectivity index (χ3v) is 5.34.